The summed E-state index contributed by atoms with van der Waals surface area (Å²) in [5, 5.41) is 30.8. The fraction of sp³-hybridized carbons (Fsp3) is 0.750. The van der Waals surface area contributed by atoms with Crippen LogP contribution in [0.15, 0.2) is 20.7 Å². The Labute approximate surface area is 82.9 Å². The predicted molar refractivity (Wildman–Crippen MR) is 49.0 cm³/mol. The van der Waals surface area contributed by atoms with Crippen molar-refractivity contribution in [2.24, 2.45) is 32.5 Å². The third kappa shape index (κ3) is 6.86. The standard InChI is InChI=1S/C8H12N6/c1-7(3-9)5-11-13-14-12-6-8(2)4-10/h7-8H,5-6H2,1-2H3. The minimum Gasteiger partial charge on any atom is -0.198 e. The van der Waals surface area contributed by atoms with Crippen molar-refractivity contribution in [3.05, 3.63) is 0 Å². The molecule has 0 radical (unpaired) electrons. The maximum absolute atomic E-state index is 8.40. The second kappa shape index (κ2) is 7.81. The number of hydrogen-bond acceptors (Lipinski definition) is 4. The largest absolute Gasteiger partial charge is 0.198 e. The van der Waals surface area contributed by atoms with Gasteiger partial charge in [-0.3, -0.25) is 0 Å². The van der Waals surface area contributed by atoms with Crippen molar-refractivity contribution < 1.29 is 0 Å². The molecule has 0 rings (SSSR count). The van der Waals surface area contributed by atoms with Gasteiger partial charge in [-0.1, -0.05) is 0 Å². The SMILES string of the molecule is CC(C#N)CN=NN=NCC(C)C#N. The van der Waals surface area contributed by atoms with Gasteiger partial charge in [-0.15, -0.1) is 0 Å². The van der Waals surface area contributed by atoms with Crippen LogP contribution in [0.2, 0.25) is 0 Å². The zero-order valence-corrected chi connectivity index (χ0v) is 8.25. The summed E-state index contributed by atoms with van der Waals surface area (Å²) in [6.07, 6.45) is 0. The van der Waals surface area contributed by atoms with Crippen LogP contribution in [0.5, 0.6) is 0 Å². The lowest BCUT2D eigenvalue weighted by molar-refractivity contribution is 0.677. The van der Waals surface area contributed by atoms with Crippen LogP contribution in [0.4, 0.5) is 0 Å². The zero-order valence-electron chi connectivity index (χ0n) is 8.25. The fourth-order valence-electron chi connectivity index (χ4n) is 0.456. The molecule has 0 aliphatic heterocycles. The van der Waals surface area contributed by atoms with Crippen molar-refractivity contribution in [1.82, 2.24) is 0 Å². The Morgan fingerprint density at radius 3 is 1.57 bits per heavy atom. The monoisotopic (exact) mass is 192 g/mol. The van der Waals surface area contributed by atoms with E-state index in [2.05, 4.69) is 20.7 Å². The van der Waals surface area contributed by atoms with Crippen molar-refractivity contribution in [2.45, 2.75) is 13.8 Å². The van der Waals surface area contributed by atoms with Gasteiger partial charge in [0.2, 0.25) is 0 Å². The average Bonchev–Trinajstić information content (AvgIpc) is 2.22. The number of hydrogen-bond donors (Lipinski definition) is 0. The second-order valence-electron chi connectivity index (χ2n) is 2.89. The molecule has 0 amide bonds. The molecule has 0 N–H and O–H groups in total. The molecule has 0 bridgehead atoms. The number of nitriles is 2. The first-order chi connectivity index (χ1) is 6.70. The van der Waals surface area contributed by atoms with E-state index >= 15 is 0 Å². The fourth-order valence-corrected chi connectivity index (χ4v) is 0.456. The molecular weight excluding hydrogens is 180 g/mol. The van der Waals surface area contributed by atoms with Gasteiger partial charge in [0.25, 0.3) is 0 Å². The molecule has 2 atom stereocenters. The molecule has 0 fully saturated rings. The first-order valence-electron chi connectivity index (χ1n) is 4.23. The number of rotatable bonds is 5. The van der Waals surface area contributed by atoms with E-state index in [4.69, 9.17) is 10.5 Å². The highest BCUT2D eigenvalue weighted by Gasteiger charge is 1.96. The van der Waals surface area contributed by atoms with Gasteiger partial charge < -0.3 is 0 Å². The van der Waals surface area contributed by atoms with Crippen LogP contribution in [-0.4, -0.2) is 13.1 Å². The van der Waals surface area contributed by atoms with Crippen LogP contribution >= 0.6 is 0 Å². The lowest BCUT2D eigenvalue weighted by Crippen LogP contribution is -1.93. The molecule has 0 saturated carbocycles. The summed E-state index contributed by atoms with van der Waals surface area (Å²) in [5.41, 5.74) is 0. The molecular formula is C8H12N6. The van der Waals surface area contributed by atoms with E-state index in [9.17, 15) is 0 Å². The van der Waals surface area contributed by atoms with Crippen LogP contribution in [0, 0.1) is 34.5 Å². The van der Waals surface area contributed by atoms with Crippen molar-refractivity contribution in [2.75, 3.05) is 13.1 Å². The third-order valence-electron chi connectivity index (χ3n) is 1.32. The molecule has 74 valence electrons. The Morgan fingerprint density at radius 2 is 1.29 bits per heavy atom. The van der Waals surface area contributed by atoms with Gasteiger partial charge >= 0.3 is 0 Å². The van der Waals surface area contributed by atoms with Gasteiger partial charge in [0.05, 0.1) is 37.1 Å². The van der Waals surface area contributed by atoms with Gasteiger partial charge in [0.1, 0.15) is 0 Å². The Hall–Kier alpha value is -1.82. The van der Waals surface area contributed by atoms with Crippen molar-refractivity contribution in [3.8, 4) is 12.1 Å². The van der Waals surface area contributed by atoms with E-state index < -0.39 is 0 Å². The maximum Gasteiger partial charge on any atom is 0.0777 e. The molecule has 0 aliphatic rings. The van der Waals surface area contributed by atoms with Crippen LogP contribution in [-0.2, 0) is 0 Å². The molecule has 6 heteroatoms. The molecule has 14 heavy (non-hydrogen) atoms. The Kier molecular flexibility index (Phi) is 6.79. The Morgan fingerprint density at radius 1 is 0.929 bits per heavy atom. The van der Waals surface area contributed by atoms with E-state index in [1.807, 2.05) is 12.1 Å². The van der Waals surface area contributed by atoms with E-state index in [1.165, 1.54) is 0 Å². The highest BCUT2D eigenvalue weighted by Crippen LogP contribution is 1.95. The summed E-state index contributed by atoms with van der Waals surface area (Å²) in [4.78, 5) is 0. The quantitative estimate of drug-likeness (QED) is 0.492. The summed E-state index contributed by atoms with van der Waals surface area (Å²) >= 11 is 0. The topological polar surface area (TPSA) is 97.0 Å². The highest BCUT2D eigenvalue weighted by atomic mass is 15.5. The maximum atomic E-state index is 8.40. The van der Waals surface area contributed by atoms with Gasteiger partial charge in [0, 0.05) is 0 Å². The minimum atomic E-state index is -0.160. The second-order valence-corrected chi connectivity index (χ2v) is 2.89. The number of nitrogens with zero attached hydrogens (tertiary/aromatic N) is 6. The zero-order chi connectivity index (χ0) is 10.8. The molecule has 2 unspecified atom stereocenters. The van der Waals surface area contributed by atoms with E-state index in [0.29, 0.717) is 13.1 Å². The molecule has 0 aromatic carbocycles. The van der Waals surface area contributed by atoms with Crippen molar-refractivity contribution >= 4 is 0 Å². The normalized spacial score (nSPS) is 15.1. The third-order valence-corrected chi connectivity index (χ3v) is 1.32. The Bertz CT molecular complexity index is 251. The van der Waals surface area contributed by atoms with Crippen LogP contribution < -0.4 is 0 Å². The average molecular weight is 192 g/mol. The van der Waals surface area contributed by atoms with Crippen molar-refractivity contribution in [3.63, 3.8) is 0 Å². The lowest BCUT2D eigenvalue weighted by Gasteiger charge is -1.91. The van der Waals surface area contributed by atoms with E-state index in [1.54, 1.807) is 13.8 Å². The van der Waals surface area contributed by atoms with E-state index in [0.717, 1.165) is 0 Å². The van der Waals surface area contributed by atoms with Crippen molar-refractivity contribution in [1.29, 1.82) is 10.5 Å². The van der Waals surface area contributed by atoms with Crippen LogP contribution in [0.3, 0.4) is 0 Å². The Balaban J connectivity index is 3.63. The van der Waals surface area contributed by atoms with Gasteiger partial charge in [-0.25, -0.2) is 0 Å². The summed E-state index contributed by atoms with van der Waals surface area (Å²) in [7, 11) is 0. The summed E-state index contributed by atoms with van der Waals surface area (Å²) < 4.78 is 0. The van der Waals surface area contributed by atoms with Gasteiger partial charge in [-0.2, -0.15) is 20.8 Å². The highest BCUT2D eigenvalue weighted by molar-refractivity contribution is 4.79. The predicted octanol–water partition coefficient (Wildman–Crippen LogP) is 2.13. The molecule has 0 heterocycles. The lowest BCUT2D eigenvalue weighted by atomic mass is 10.2. The smallest absolute Gasteiger partial charge is 0.0777 e. The van der Waals surface area contributed by atoms with Crippen LogP contribution in [0.25, 0.3) is 0 Å². The first kappa shape index (κ1) is 12.2. The van der Waals surface area contributed by atoms with Crippen LogP contribution in [0.1, 0.15) is 13.8 Å². The molecule has 0 aromatic heterocycles. The molecule has 6 nitrogen and oxygen atoms in total. The van der Waals surface area contributed by atoms with Gasteiger partial charge in [0.15, 0.2) is 0 Å². The summed E-state index contributed by atoms with van der Waals surface area (Å²) in [5.74, 6) is -0.320. The minimum absolute atomic E-state index is 0.160. The van der Waals surface area contributed by atoms with Gasteiger partial charge in [-0.05, 0) is 24.3 Å². The van der Waals surface area contributed by atoms with E-state index in [-0.39, 0.29) is 11.8 Å². The molecule has 0 aliphatic carbocycles. The molecule has 0 aromatic rings. The first-order valence-corrected chi connectivity index (χ1v) is 4.23. The summed E-state index contributed by atoms with van der Waals surface area (Å²) in [6.45, 7) is 4.13. The summed E-state index contributed by atoms with van der Waals surface area (Å²) in [6, 6.07) is 4.03. The molecule has 0 spiro atoms. The molecule has 0 saturated heterocycles.